The molecule has 2 atom stereocenters. The Kier molecular flexibility index (Phi) is 3.24. The van der Waals surface area contributed by atoms with E-state index in [0.717, 1.165) is 18.7 Å². The zero-order valence-electron chi connectivity index (χ0n) is 10.3. The standard InChI is InChI=1S/C13H19NO3/c1-3-13(12(15)16)6-7-14(9-13)10(2)11-5-4-8-17-11/h4-5,8,10H,3,6-7,9H2,1-2H3,(H,15,16). The lowest BCUT2D eigenvalue weighted by molar-refractivity contribution is -0.148. The predicted molar refractivity (Wildman–Crippen MR) is 63.7 cm³/mol. The van der Waals surface area contributed by atoms with Crippen molar-refractivity contribution in [1.82, 2.24) is 4.90 Å². The van der Waals surface area contributed by atoms with Crippen molar-refractivity contribution in [1.29, 1.82) is 0 Å². The topological polar surface area (TPSA) is 53.7 Å². The number of carboxylic acid groups (broad SMARTS) is 1. The van der Waals surface area contributed by atoms with Gasteiger partial charge in [-0.2, -0.15) is 0 Å². The third-order valence-corrected chi connectivity index (χ3v) is 4.02. The van der Waals surface area contributed by atoms with Crippen molar-refractivity contribution in [2.45, 2.75) is 32.7 Å². The van der Waals surface area contributed by atoms with Gasteiger partial charge in [-0.25, -0.2) is 0 Å². The summed E-state index contributed by atoms with van der Waals surface area (Å²) in [5, 5.41) is 9.34. The summed E-state index contributed by atoms with van der Waals surface area (Å²) in [5.74, 6) is 0.233. The van der Waals surface area contributed by atoms with Gasteiger partial charge >= 0.3 is 5.97 Å². The van der Waals surface area contributed by atoms with Crippen LogP contribution in [0.4, 0.5) is 0 Å². The smallest absolute Gasteiger partial charge is 0.310 e. The van der Waals surface area contributed by atoms with Crippen molar-refractivity contribution in [3.63, 3.8) is 0 Å². The molecule has 0 radical (unpaired) electrons. The molecule has 1 N–H and O–H groups in total. The minimum Gasteiger partial charge on any atom is -0.481 e. The summed E-state index contributed by atoms with van der Waals surface area (Å²) in [4.78, 5) is 13.6. The van der Waals surface area contributed by atoms with Crippen molar-refractivity contribution in [3.05, 3.63) is 24.2 Å². The zero-order valence-corrected chi connectivity index (χ0v) is 10.3. The monoisotopic (exact) mass is 237 g/mol. The second kappa shape index (κ2) is 4.53. The Labute approximate surface area is 101 Å². The van der Waals surface area contributed by atoms with Crippen LogP contribution >= 0.6 is 0 Å². The van der Waals surface area contributed by atoms with Gasteiger partial charge in [-0.05, 0) is 31.9 Å². The van der Waals surface area contributed by atoms with Crippen LogP contribution in [-0.4, -0.2) is 29.1 Å². The van der Waals surface area contributed by atoms with Crippen molar-refractivity contribution >= 4 is 5.97 Å². The van der Waals surface area contributed by atoms with Gasteiger partial charge in [0.05, 0.1) is 17.7 Å². The number of hydrogen-bond acceptors (Lipinski definition) is 3. The number of aliphatic carboxylic acids is 1. The summed E-state index contributed by atoms with van der Waals surface area (Å²) in [5.41, 5.74) is -0.569. The van der Waals surface area contributed by atoms with E-state index in [1.807, 2.05) is 19.1 Å². The molecule has 4 nitrogen and oxygen atoms in total. The second-order valence-corrected chi connectivity index (χ2v) is 4.85. The number of likely N-dealkylation sites (tertiary alicyclic amines) is 1. The van der Waals surface area contributed by atoms with Gasteiger partial charge in [-0.15, -0.1) is 0 Å². The van der Waals surface area contributed by atoms with Gasteiger partial charge in [-0.1, -0.05) is 6.92 Å². The Balaban J connectivity index is 2.09. The van der Waals surface area contributed by atoms with Crippen molar-refractivity contribution < 1.29 is 14.3 Å². The quantitative estimate of drug-likeness (QED) is 0.874. The van der Waals surface area contributed by atoms with E-state index in [-0.39, 0.29) is 6.04 Å². The van der Waals surface area contributed by atoms with Gasteiger partial charge in [-0.3, -0.25) is 9.69 Å². The third kappa shape index (κ3) is 2.09. The number of carbonyl (C=O) groups is 1. The maximum absolute atomic E-state index is 11.4. The van der Waals surface area contributed by atoms with Gasteiger partial charge in [0, 0.05) is 13.1 Å². The molecule has 1 aliphatic rings. The van der Waals surface area contributed by atoms with E-state index in [1.54, 1.807) is 6.26 Å². The molecule has 0 bridgehead atoms. The van der Waals surface area contributed by atoms with Gasteiger partial charge in [0.15, 0.2) is 0 Å². The first-order valence-corrected chi connectivity index (χ1v) is 6.10. The maximum Gasteiger partial charge on any atom is 0.310 e. The summed E-state index contributed by atoms with van der Waals surface area (Å²) in [7, 11) is 0. The molecule has 2 unspecified atom stereocenters. The van der Waals surface area contributed by atoms with Crippen molar-refractivity contribution in [2.24, 2.45) is 5.41 Å². The summed E-state index contributed by atoms with van der Waals surface area (Å²) in [6.07, 6.45) is 3.07. The molecule has 0 aromatic carbocycles. The third-order valence-electron chi connectivity index (χ3n) is 4.02. The molecule has 1 saturated heterocycles. The normalized spacial score (nSPS) is 27.2. The fourth-order valence-corrected chi connectivity index (χ4v) is 2.56. The van der Waals surface area contributed by atoms with Gasteiger partial charge in [0.25, 0.3) is 0 Å². The number of hydrogen-bond donors (Lipinski definition) is 1. The molecule has 1 fully saturated rings. The van der Waals surface area contributed by atoms with Crippen LogP contribution in [0.2, 0.25) is 0 Å². The van der Waals surface area contributed by atoms with Crippen LogP contribution in [0, 0.1) is 5.41 Å². The highest BCUT2D eigenvalue weighted by molar-refractivity contribution is 5.75. The lowest BCUT2D eigenvalue weighted by Gasteiger charge is -2.26. The Morgan fingerprint density at radius 3 is 2.94 bits per heavy atom. The molecule has 0 spiro atoms. The largest absolute Gasteiger partial charge is 0.481 e. The van der Waals surface area contributed by atoms with Gasteiger partial charge in [0.1, 0.15) is 5.76 Å². The van der Waals surface area contributed by atoms with Crippen LogP contribution in [0.5, 0.6) is 0 Å². The fourth-order valence-electron chi connectivity index (χ4n) is 2.56. The van der Waals surface area contributed by atoms with Crippen LogP contribution in [0.3, 0.4) is 0 Å². The molecule has 94 valence electrons. The van der Waals surface area contributed by atoms with Crippen molar-refractivity contribution in [3.8, 4) is 0 Å². The molecule has 17 heavy (non-hydrogen) atoms. The first-order valence-electron chi connectivity index (χ1n) is 6.10. The molecular weight excluding hydrogens is 218 g/mol. The highest BCUT2D eigenvalue weighted by Gasteiger charge is 2.44. The fraction of sp³-hybridized carbons (Fsp3) is 0.615. The maximum atomic E-state index is 11.4. The molecule has 1 aromatic heterocycles. The minimum atomic E-state index is -0.672. The molecule has 0 aliphatic carbocycles. The highest BCUT2D eigenvalue weighted by atomic mass is 16.4. The summed E-state index contributed by atoms with van der Waals surface area (Å²) in [6.45, 7) is 5.45. The molecule has 2 rings (SSSR count). The van der Waals surface area contributed by atoms with E-state index < -0.39 is 11.4 Å². The average Bonchev–Trinajstić information content (AvgIpc) is 2.98. The Hall–Kier alpha value is -1.29. The summed E-state index contributed by atoms with van der Waals surface area (Å²) >= 11 is 0. The van der Waals surface area contributed by atoms with Crippen LogP contribution in [0.25, 0.3) is 0 Å². The molecule has 2 heterocycles. The first-order chi connectivity index (χ1) is 8.09. The van der Waals surface area contributed by atoms with Crippen LogP contribution in [-0.2, 0) is 4.79 Å². The minimum absolute atomic E-state index is 0.151. The first kappa shape index (κ1) is 12.2. The molecular formula is C13H19NO3. The number of furan rings is 1. The Morgan fingerprint density at radius 2 is 2.47 bits per heavy atom. The Morgan fingerprint density at radius 1 is 1.71 bits per heavy atom. The van der Waals surface area contributed by atoms with Crippen LogP contribution in [0.15, 0.2) is 22.8 Å². The molecule has 4 heteroatoms. The second-order valence-electron chi connectivity index (χ2n) is 4.85. The number of nitrogens with zero attached hydrogens (tertiary/aromatic N) is 1. The van der Waals surface area contributed by atoms with Gasteiger partial charge < -0.3 is 9.52 Å². The Bertz CT molecular complexity index is 387. The van der Waals surface area contributed by atoms with E-state index in [2.05, 4.69) is 11.8 Å². The summed E-state index contributed by atoms with van der Waals surface area (Å²) < 4.78 is 5.38. The van der Waals surface area contributed by atoms with E-state index in [0.29, 0.717) is 13.0 Å². The SMILES string of the molecule is CCC1(C(=O)O)CCN(C(C)c2ccco2)C1. The predicted octanol–water partition coefficient (Wildman–Crippen LogP) is 2.53. The zero-order chi connectivity index (χ0) is 12.5. The van der Waals surface area contributed by atoms with Gasteiger partial charge in [0.2, 0.25) is 0 Å². The average molecular weight is 237 g/mol. The van der Waals surface area contributed by atoms with Crippen LogP contribution < -0.4 is 0 Å². The lowest BCUT2D eigenvalue weighted by Crippen LogP contribution is -2.34. The molecule has 0 amide bonds. The van der Waals surface area contributed by atoms with E-state index in [9.17, 15) is 9.90 Å². The molecule has 1 aliphatic heterocycles. The molecule has 1 aromatic rings. The van der Waals surface area contributed by atoms with Crippen LogP contribution in [0.1, 0.15) is 38.5 Å². The van der Waals surface area contributed by atoms with E-state index in [1.165, 1.54) is 0 Å². The molecule has 0 saturated carbocycles. The van der Waals surface area contributed by atoms with E-state index in [4.69, 9.17) is 4.42 Å². The number of rotatable bonds is 4. The highest BCUT2D eigenvalue weighted by Crippen LogP contribution is 2.38. The van der Waals surface area contributed by atoms with Crippen molar-refractivity contribution in [2.75, 3.05) is 13.1 Å². The van der Waals surface area contributed by atoms with E-state index >= 15 is 0 Å². The lowest BCUT2D eigenvalue weighted by atomic mass is 9.84. The summed E-state index contributed by atoms with van der Waals surface area (Å²) in [6, 6.07) is 3.96. The number of carboxylic acids is 1.